The summed E-state index contributed by atoms with van der Waals surface area (Å²) in [5.74, 6) is 0. The molecule has 25 heavy (non-hydrogen) atoms. The zero-order chi connectivity index (χ0) is 18.9. The van der Waals surface area contributed by atoms with E-state index in [9.17, 15) is 0 Å². The standard InChI is InChI=1S/C21H30P2S2/c1-11-15(5)22(24)10-20(11,8)13(3)18(22)19-14(4)21(9)12(2)16(6)23(19,25)17(21)7/h17H,10H2,1-9H3/t17?,20-,21-,22-,23+/m0/s1. The van der Waals surface area contributed by atoms with Gasteiger partial charge in [-0.25, -0.2) is 0 Å². The maximum absolute atomic E-state index is 6.58. The Bertz CT molecular complexity index is 987. The van der Waals surface area contributed by atoms with Gasteiger partial charge >= 0.3 is 0 Å². The second kappa shape index (κ2) is 4.81. The predicted molar refractivity (Wildman–Crippen MR) is 121 cm³/mol. The summed E-state index contributed by atoms with van der Waals surface area (Å²) >= 11 is 13.1. The van der Waals surface area contributed by atoms with Crippen molar-refractivity contribution >= 4 is 35.7 Å². The van der Waals surface area contributed by atoms with E-state index in [0.717, 1.165) is 0 Å². The minimum Gasteiger partial charge on any atom is -0.0879 e. The fourth-order valence-corrected chi connectivity index (χ4v) is 19.8. The number of rotatable bonds is 1. The quantitative estimate of drug-likeness (QED) is 0.411. The van der Waals surface area contributed by atoms with Crippen LogP contribution in [0.3, 0.4) is 0 Å². The molecule has 0 aromatic rings. The van der Waals surface area contributed by atoms with E-state index < -0.39 is 12.1 Å². The van der Waals surface area contributed by atoms with Crippen LogP contribution in [0.2, 0.25) is 0 Å². The monoisotopic (exact) mass is 408 g/mol. The normalized spacial score (nSPS) is 48.8. The summed E-state index contributed by atoms with van der Waals surface area (Å²) in [5, 5.41) is 6.23. The van der Waals surface area contributed by atoms with Crippen LogP contribution in [0.4, 0.5) is 0 Å². The van der Waals surface area contributed by atoms with E-state index in [4.69, 9.17) is 23.6 Å². The Hall–Kier alpha value is 0.260. The van der Waals surface area contributed by atoms with E-state index in [-0.39, 0.29) is 10.8 Å². The Morgan fingerprint density at radius 3 is 1.84 bits per heavy atom. The number of fused-ring (bicyclic) bond motifs is 4. The van der Waals surface area contributed by atoms with E-state index in [1.165, 1.54) is 16.8 Å². The lowest BCUT2D eigenvalue weighted by Gasteiger charge is -2.34. The first-order valence-electron chi connectivity index (χ1n) is 9.30. The van der Waals surface area contributed by atoms with Gasteiger partial charge in [0.2, 0.25) is 0 Å². The van der Waals surface area contributed by atoms with Crippen molar-refractivity contribution in [2.24, 2.45) is 10.8 Å². The van der Waals surface area contributed by atoms with Crippen LogP contribution in [-0.2, 0) is 23.6 Å². The Balaban J connectivity index is 2.07. The molecule has 0 radical (unpaired) electrons. The highest BCUT2D eigenvalue weighted by Gasteiger charge is 2.62. The van der Waals surface area contributed by atoms with E-state index in [0.29, 0.717) is 5.66 Å². The Labute approximate surface area is 163 Å². The molecular formula is C21H30P2S2. The topological polar surface area (TPSA) is 0 Å². The Kier molecular flexibility index (Phi) is 3.58. The van der Waals surface area contributed by atoms with Crippen LogP contribution >= 0.6 is 12.1 Å². The molecule has 0 N–H and O–H groups in total. The second-order valence-electron chi connectivity index (χ2n) is 9.13. The molecule has 0 spiro atoms. The summed E-state index contributed by atoms with van der Waals surface area (Å²) in [7, 11) is 0. The number of hydrogen-bond donors (Lipinski definition) is 0. The van der Waals surface area contributed by atoms with Crippen LogP contribution < -0.4 is 0 Å². The zero-order valence-electron chi connectivity index (χ0n) is 17.0. The van der Waals surface area contributed by atoms with Gasteiger partial charge in [0.15, 0.2) is 0 Å². The van der Waals surface area contributed by atoms with Crippen molar-refractivity contribution in [2.75, 3.05) is 6.16 Å². The van der Waals surface area contributed by atoms with Gasteiger partial charge in [0.05, 0.1) is 0 Å². The fourth-order valence-electron chi connectivity index (χ4n) is 6.26. The van der Waals surface area contributed by atoms with Gasteiger partial charge in [0.1, 0.15) is 0 Å². The van der Waals surface area contributed by atoms with Crippen molar-refractivity contribution in [1.82, 2.24) is 0 Å². The minimum absolute atomic E-state index is 0.160. The van der Waals surface area contributed by atoms with Gasteiger partial charge < -0.3 is 0 Å². The lowest BCUT2D eigenvalue weighted by Crippen LogP contribution is -2.24. The maximum atomic E-state index is 6.58. The van der Waals surface area contributed by atoms with Crippen molar-refractivity contribution in [3.63, 3.8) is 0 Å². The van der Waals surface area contributed by atoms with Gasteiger partial charge in [-0.1, -0.05) is 66.7 Å². The zero-order valence-corrected chi connectivity index (χ0v) is 20.4. The fraction of sp³-hybridized carbons (Fsp3) is 0.619. The third kappa shape index (κ3) is 1.62. The number of hydrogen-bond acceptors (Lipinski definition) is 2. The molecular weight excluding hydrogens is 378 g/mol. The minimum atomic E-state index is -1.71. The maximum Gasteiger partial charge on any atom is 0.0181 e. The first-order valence-corrected chi connectivity index (χ1v) is 15.2. The Morgan fingerprint density at radius 1 is 0.800 bits per heavy atom. The summed E-state index contributed by atoms with van der Waals surface area (Å²) in [5.41, 5.74) is 7.14. The lowest BCUT2D eigenvalue weighted by atomic mass is 9.73. The van der Waals surface area contributed by atoms with Crippen molar-refractivity contribution in [1.29, 1.82) is 0 Å². The molecule has 0 aromatic heterocycles. The van der Waals surface area contributed by atoms with Crippen LogP contribution in [0.25, 0.3) is 0 Å². The molecule has 136 valence electrons. The SMILES string of the molecule is CC1=C(C)[P@@]2(=S)C[C@]1(C)C(C)=C2C1=C(C)[C@]2(C)C(C)=C(C)[P@@]1(=S)C2C. The molecule has 0 aliphatic carbocycles. The second-order valence-corrected chi connectivity index (χ2v) is 18.9. The van der Waals surface area contributed by atoms with Gasteiger partial charge in [0.25, 0.3) is 0 Å². The third-order valence-electron chi connectivity index (χ3n) is 8.89. The first kappa shape index (κ1) is 18.6. The highest BCUT2D eigenvalue weighted by atomic mass is 32.4. The molecule has 0 nitrogen and oxygen atoms in total. The van der Waals surface area contributed by atoms with E-state index in [2.05, 4.69) is 62.3 Å². The lowest BCUT2D eigenvalue weighted by molar-refractivity contribution is 0.488. The molecule has 4 heteroatoms. The highest BCUT2D eigenvalue weighted by Crippen LogP contribution is 2.90. The molecule has 0 fully saturated rings. The smallest absolute Gasteiger partial charge is 0.0181 e. The predicted octanol–water partition coefficient (Wildman–Crippen LogP) is 7.54. The van der Waals surface area contributed by atoms with Gasteiger partial charge in [0, 0.05) is 28.6 Å². The molecule has 4 heterocycles. The number of allylic oxidation sites excluding steroid dienone is 8. The molecule has 4 aliphatic rings. The summed E-state index contributed by atoms with van der Waals surface area (Å²) in [4.78, 5) is 0. The molecule has 0 amide bonds. The van der Waals surface area contributed by atoms with Crippen LogP contribution in [0.15, 0.2) is 43.5 Å². The molecule has 0 saturated heterocycles. The van der Waals surface area contributed by atoms with Crippen LogP contribution in [0.5, 0.6) is 0 Å². The van der Waals surface area contributed by atoms with Gasteiger partial charge in [-0.3, -0.25) is 0 Å². The van der Waals surface area contributed by atoms with Crippen molar-refractivity contribution in [3.8, 4) is 0 Å². The van der Waals surface area contributed by atoms with Gasteiger partial charge in [-0.2, -0.15) is 0 Å². The molecule has 5 atom stereocenters. The third-order valence-corrected chi connectivity index (χ3v) is 21.1. The molecule has 4 rings (SSSR count). The van der Waals surface area contributed by atoms with Crippen LogP contribution in [0, 0.1) is 10.8 Å². The largest absolute Gasteiger partial charge is 0.0879 e. The van der Waals surface area contributed by atoms with Crippen molar-refractivity contribution < 1.29 is 0 Å². The van der Waals surface area contributed by atoms with Crippen LogP contribution in [-0.4, -0.2) is 11.8 Å². The summed E-state index contributed by atoms with van der Waals surface area (Å²) < 4.78 is 0. The van der Waals surface area contributed by atoms with E-state index in [1.54, 1.807) is 32.9 Å². The first-order chi connectivity index (χ1) is 11.3. The molecule has 1 unspecified atom stereocenters. The van der Waals surface area contributed by atoms with Gasteiger partial charge in [-0.15, -0.1) is 0 Å². The highest BCUT2D eigenvalue weighted by molar-refractivity contribution is 8.22. The van der Waals surface area contributed by atoms with E-state index >= 15 is 0 Å². The molecule has 4 aliphatic heterocycles. The van der Waals surface area contributed by atoms with E-state index in [1.807, 2.05) is 0 Å². The molecule has 0 aromatic carbocycles. The van der Waals surface area contributed by atoms with Gasteiger partial charge in [-0.05, 0) is 69.0 Å². The summed E-state index contributed by atoms with van der Waals surface area (Å²) in [6, 6.07) is -3.35. The van der Waals surface area contributed by atoms with Crippen molar-refractivity contribution in [2.45, 2.75) is 68.0 Å². The molecule has 0 saturated carbocycles. The molecule has 4 bridgehead atoms. The average molecular weight is 409 g/mol. The summed E-state index contributed by atoms with van der Waals surface area (Å²) in [6.45, 7) is 21.3. The van der Waals surface area contributed by atoms with Crippen LogP contribution in [0.1, 0.15) is 62.3 Å². The Morgan fingerprint density at radius 2 is 1.36 bits per heavy atom. The van der Waals surface area contributed by atoms with Crippen molar-refractivity contribution in [3.05, 3.63) is 43.5 Å². The summed E-state index contributed by atoms with van der Waals surface area (Å²) in [6.07, 6.45) is 1.17. The average Bonchev–Trinajstić information content (AvgIpc) is 2.99.